The predicted octanol–water partition coefficient (Wildman–Crippen LogP) is 14.0. The third kappa shape index (κ3) is 4.72. The van der Waals surface area contributed by atoms with Gasteiger partial charge < -0.3 is 4.90 Å². The van der Waals surface area contributed by atoms with Crippen LogP contribution in [-0.4, -0.2) is 0 Å². The Kier molecular flexibility index (Phi) is 7.32. The normalized spacial score (nSPS) is 14.1. The maximum absolute atomic E-state index is 2.51. The first-order chi connectivity index (χ1) is 27.2. The average Bonchev–Trinajstić information content (AvgIpc) is 3.72. The number of nitrogens with zero attached hydrogens (tertiary/aromatic N) is 1. The van der Waals surface area contributed by atoms with Gasteiger partial charge >= 0.3 is 0 Å². The molecule has 1 nitrogen and oxygen atoms in total. The Hall–Kier alpha value is -6.44. The second-order valence-corrected chi connectivity index (χ2v) is 15.5. The lowest BCUT2D eigenvalue weighted by molar-refractivity contribution is 0.687. The predicted molar refractivity (Wildman–Crippen MR) is 230 cm³/mol. The van der Waals surface area contributed by atoms with Crippen molar-refractivity contribution in [1.29, 1.82) is 0 Å². The Morgan fingerprint density at radius 2 is 1.02 bits per heavy atom. The molecule has 0 saturated heterocycles. The summed E-state index contributed by atoms with van der Waals surface area (Å²) in [5.74, 6) is 0. The Morgan fingerprint density at radius 3 is 1.80 bits per heavy atom. The molecule has 1 heteroatoms. The van der Waals surface area contributed by atoms with Gasteiger partial charge in [-0.2, -0.15) is 0 Å². The minimum atomic E-state index is -0.452. The molecule has 0 radical (unpaired) electrons. The molecule has 0 atom stereocenters. The van der Waals surface area contributed by atoms with Crippen LogP contribution in [0.4, 0.5) is 17.1 Å². The quantitative estimate of drug-likeness (QED) is 0.172. The van der Waals surface area contributed by atoms with E-state index in [1.165, 1.54) is 115 Å². The highest BCUT2D eigenvalue weighted by Crippen LogP contribution is 2.64. The van der Waals surface area contributed by atoms with Crippen molar-refractivity contribution in [2.45, 2.75) is 38.0 Å². The number of hydrogen-bond donors (Lipinski definition) is 0. The first kappa shape index (κ1) is 32.0. The number of aryl methyl sites for hydroxylation is 2. The minimum absolute atomic E-state index is 0.452. The largest absolute Gasteiger partial charge is 0.310 e. The molecule has 0 aliphatic heterocycles. The van der Waals surface area contributed by atoms with Crippen molar-refractivity contribution in [1.82, 2.24) is 0 Å². The lowest BCUT2D eigenvalue weighted by Crippen LogP contribution is -2.26. The topological polar surface area (TPSA) is 3.24 Å². The van der Waals surface area contributed by atoms with E-state index >= 15 is 0 Å². The van der Waals surface area contributed by atoms with Crippen LogP contribution in [-0.2, 0) is 18.3 Å². The van der Waals surface area contributed by atoms with E-state index in [0.29, 0.717) is 0 Å². The van der Waals surface area contributed by atoms with Gasteiger partial charge in [0, 0.05) is 17.1 Å². The van der Waals surface area contributed by atoms with Gasteiger partial charge in [0.15, 0.2) is 0 Å². The van der Waals surface area contributed by atoms with Gasteiger partial charge in [0.25, 0.3) is 0 Å². The van der Waals surface area contributed by atoms with Crippen LogP contribution >= 0.6 is 0 Å². The first-order valence-corrected chi connectivity index (χ1v) is 19.8. The number of fused-ring (bicyclic) bond motifs is 11. The van der Waals surface area contributed by atoms with Crippen molar-refractivity contribution in [3.63, 3.8) is 0 Å². The second-order valence-electron chi connectivity index (χ2n) is 15.5. The highest BCUT2D eigenvalue weighted by molar-refractivity contribution is 6.01. The van der Waals surface area contributed by atoms with Crippen molar-refractivity contribution >= 4 is 17.1 Å². The molecule has 262 valence electrons. The zero-order valence-corrected chi connectivity index (χ0v) is 31.1. The fourth-order valence-electron chi connectivity index (χ4n) is 10.3. The van der Waals surface area contributed by atoms with Gasteiger partial charge in [-0.05, 0) is 146 Å². The van der Waals surface area contributed by atoms with Crippen LogP contribution in [0.2, 0.25) is 0 Å². The molecule has 1 spiro atoms. The summed E-state index contributed by atoms with van der Waals surface area (Å²) in [6, 6.07) is 68.4. The van der Waals surface area contributed by atoms with E-state index in [1.54, 1.807) is 0 Å². The molecule has 0 aromatic heterocycles. The summed E-state index contributed by atoms with van der Waals surface area (Å²) in [6.45, 7) is 2.23. The number of para-hydroxylation sites is 1. The summed E-state index contributed by atoms with van der Waals surface area (Å²) in [5.41, 5.74) is 23.2. The first-order valence-electron chi connectivity index (χ1n) is 19.8. The lowest BCUT2D eigenvalue weighted by atomic mass is 9.70. The third-order valence-electron chi connectivity index (χ3n) is 12.6. The van der Waals surface area contributed by atoms with Crippen molar-refractivity contribution in [3.8, 4) is 44.5 Å². The number of hydrogen-bond acceptors (Lipinski definition) is 1. The Bertz CT molecular complexity index is 2730. The number of anilines is 3. The van der Waals surface area contributed by atoms with E-state index in [-0.39, 0.29) is 0 Å². The van der Waals surface area contributed by atoms with Gasteiger partial charge in [-0.1, -0.05) is 152 Å². The van der Waals surface area contributed by atoms with Gasteiger partial charge in [-0.25, -0.2) is 0 Å². The maximum Gasteiger partial charge on any atom is 0.0726 e. The highest BCUT2D eigenvalue weighted by Gasteiger charge is 2.52. The van der Waals surface area contributed by atoms with Gasteiger partial charge in [0.1, 0.15) is 0 Å². The molecule has 3 aliphatic carbocycles. The van der Waals surface area contributed by atoms with Crippen LogP contribution in [0.25, 0.3) is 44.5 Å². The smallest absolute Gasteiger partial charge is 0.0726 e. The summed E-state index contributed by atoms with van der Waals surface area (Å²) in [4.78, 5) is 2.47. The van der Waals surface area contributed by atoms with E-state index in [0.717, 1.165) is 11.4 Å². The standard InChI is InChI=1S/C54H41N/c1-36-15-5-12-28-52(36)55(40-31-29-39(30-32-40)43-23-13-19-37-18-6-7-20-42(37)43)41-33-34-47-51(35-41)54(48-25-10-8-21-45(48)46-22-9-11-26-49(46)54)50-27-14-24-44(53(47)50)38-16-3-2-4-17-38/h2-5,8-17,19,21-35H,6-7,18,20H2,1H3. The van der Waals surface area contributed by atoms with E-state index < -0.39 is 5.41 Å². The molecule has 8 aromatic rings. The summed E-state index contributed by atoms with van der Waals surface area (Å²) >= 11 is 0. The third-order valence-corrected chi connectivity index (χ3v) is 12.6. The summed E-state index contributed by atoms with van der Waals surface area (Å²) in [5, 5.41) is 0. The molecule has 0 heterocycles. The fraction of sp³-hybridized carbons (Fsp3) is 0.111. The zero-order chi connectivity index (χ0) is 36.5. The molecule has 0 saturated carbocycles. The minimum Gasteiger partial charge on any atom is -0.310 e. The van der Waals surface area contributed by atoms with E-state index in [4.69, 9.17) is 0 Å². The Morgan fingerprint density at radius 1 is 0.418 bits per heavy atom. The molecule has 0 fully saturated rings. The van der Waals surface area contributed by atoms with Crippen LogP contribution in [0.15, 0.2) is 182 Å². The lowest BCUT2D eigenvalue weighted by Gasteiger charge is -2.32. The van der Waals surface area contributed by atoms with Gasteiger partial charge in [0.05, 0.1) is 5.41 Å². The SMILES string of the molecule is Cc1ccccc1N(c1ccc(-c2cccc3c2CCCC3)cc1)c1ccc2c(c1)C1(c3ccccc3-c3ccccc31)c1cccc(-c3ccccc3)c1-2. The molecule has 8 aromatic carbocycles. The molecule has 0 amide bonds. The fourth-order valence-corrected chi connectivity index (χ4v) is 10.3. The number of rotatable bonds is 5. The molecule has 11 rings (SSSR count). The Labute approximate surface area is 324 Å². The number of benzene rings is 8. The van der Waals surface area contributed by atoms with E-state index in [2.05, 4.69) is 194 Å². The van der Waals surface area contributed by atoms with Crippen LogP contribution < -0.4 is 4.90 Å². The molecule has 0 N–H and O–H groups in total. The van der Waals surface area contributed by atoms with Crippen molar-refractivity contribution < 1.29 is 0 Å². The van der Waals surface area contributed by atoms with E-state index in [9.17, 15) is 0 Å². The van der Waals surface area contributed by atoms with Crippen molar-refractivity contribution in [3.05, 3.63) is 221 Å². The highest BCUT2D eigenvalue weighted by atomic mass is 15.1. The Balaban J connectivity index is 1.15. The summed E-state index contributed by atoms with van der Waals surface area (Å²) < 4.78 is 0. The van der Waals surface area contributed by atoms with Crippen LogP contribution in [0, 0.1) is 6.92 Å². The molecule has 0 bridgehead atoms. The van der Waals surface area contributed by atoms with Crippen molar-refractivity contribution in [2.75, 3.05) is 4.90 Å². The molecular weight excluding hydrogens is 663 g/mol. The average molecular weight is 704 g/mol. The molecular formula is C54H41N. The summed E-state index contributed by atoms with van der Waals surface area (Å²) in [6.07, 6.45) is 4.92. The maximum atomic E-state index is 2.51. The summed E-state index contributed by atoms with van der Waals surface area (Å²) in [7, 11) is 0. The van der Waals surface area contributed by atoms with Gasteiger partial charge in [-0.15, -0.1) is 0 Å². The molecule has 0 unspecified atom stereocenters. The van der Waals surface area contributed by atoms with Gasteiger partial charge in [-0.3, -0.25) is 0 Å². The zero-order valence-electron chi connectivity index (χ0n) is 31.1. The van der Waals surface area contributed by atoms with Crippen molar-refractivity contribution in [2.24, 2.45) is 0 Å². The molecule has 3 aliphatic rings. The second kappa shape index (κ2) is 12.6. The van der Waals surface area contributed by atoms with E-state index in [1.807, 2.05) is 0 Å². The van der Waals surface area contributed by atoms with Gasteiger partial charge in [0.2, 0.25) is 0 Å². The van der Waals surface area contributed by atoms with Crippen LogP contribution in [0.3, 0.4) is 0 Å². The van der Waals surface area contributed by atoms with Crippen LogP contribution in [0.5, 0.6) is 0 Å². The van der Waals surface area contributed by atoms with Crippen LogP contribution in [0.1, 0.15) is 51.8 Å². The monoisotopic (exact) mass is 703 g/mol. The molecule has 55 heavy (non-hydrogen) atoms.